The second-order valence-corrected chi connectivity index (χ2v) is 3.65. The number of nitrogens with one attached hydrogen (secondary N) is 1. The molecular formula is C13H16N2O2. The molecule has 1 heterocycles. The lowest BCUT2D eigenvalue weighted by molar-refractivity contribution is 0.198. The first kappa shape index (κ1) is 11.8. The van der Waals surface area contributed by atoms with Crippen molar-refractivity contribution in [3.8, 4) is 11.3 Å². The van der Waals surface area contributed by atoms with Crippen molar-refractivity contribution >= 4 is 0 Å². The minimum Gasteiger partial charge on any atom is -0.439 e. The molecule has 0 aliphatic carbocycles. The highest BCUT2D eigenvalue weighted by molar-refractivity contribution is 5.55. The zero-order valence-electron chi connectivity index (χ0n) is 9.85. The molecule has 0 radical (unpaired) electrons. The maximum absolute atomic E-state index is 5.64. The van der Waals surface area contributed by atoms with Gasteiger partial charge in [-0.05, 0) is 0 Å². The van der Waals surface area contributed by atoms with E-state index >= 15 is 0 Å². The van der Waals surface area contributed by atoms with Crippen LogP contribution in [0.1, 0.15) is 5.89 Å². The molecule has 90 valence electrons. The summed E-state index contributed by atoms with van der Waals surface area (Å²) >= 11 is 0. The largest absolute Gasteiger partial charge is 0.439 e. The third kappa shape index (κ3) is 3.41. The van der Waals surface area contributed by atoms with Crippen LogP contribution in [0, 0.1) is 0 Å². The van der Waals surface area contributed by atoms with Gasteiger partial charge in [-0.25, -0.2) is 4.98 Å². The van der Waals surface area contributed by atoms with E-state index in [1.165, 1.54) is 0 Å². The third-order valence-electron chi connectivity index (χ3n) is 2.37. The Hall–Kier alpha value is -1.65. The number of nitrogens with zero attached hydrogens (tertiary/aromatic N) is 1. The Labute approximate surface area is 101 Å². The minimum absolute atomic E-state index is 0.621. The van der Waals surface area contributed by atoms with Gasteiger partial charge >= 0.3 is 0 Å². The van der Waals surface area contributed by atoms with E-state index in [2.05, 4.69) is 10.3 Å². The highest BCUT2D eigenvalue weighted by Gasteiger charge is 2.04. The fourth-order valence-corrected chi connectivity index (χ4v) is 1.50. The second kappa shape index (κ2) is 6.18. The Morgan fingerprint density at radius 1 is 1.29 bits per heavy atom. The maximum Gasteiger partial charge on any atom is 0.208 e. The van der Waals surface area contributed by atoms with Gasteiger partial charge in [-0.1, -0.05) is 30.3 Å². The van der Waals surface area contributed by atoms with Gasteiger partial charge in [0, 0.05) is 19.2 Å². The van der Waals surface area contributed by atoms with Gasteiger partial charge in [0.25, 0.3) is 0 Å². The summed E-state index contributed by atoms with van der Waals surface area (Å²) < 4.78 is 10.6. The molecule has 0 saturated carbocycles. The Balaban J connectivity index is 1.92. The van der Waals surface area contributed by atoms with Crippen molar-refractivity contribution in [3.63, 3.8) is 0 Å². The van der Waals surface area contributed by atoms with Gasteiger partial charge in [-0.15, -0.1) is 0 Å². The summed E-state index contributed by atoms with van der Waals surface area (Å²) in [5.41, 5.74) is 1.04. The Kier molecular flexibility index (Phi) is 4.30. The molecule has 17 heavy (non-hydrogen) atoms. The Morgan fingerprint density at radius 2 is 2.12 bits per heavy atom. The highest BCUT2D eigenvalue weighted by atomic mass is 16.5. The van der Waals surface area contributed by atoms with E-state index in [1.807, 2.05) is 30.3 Å². The predicted molar refractivity (Wildman–Crippen MR) is 65.5 cm³/mol. The van der Waals surface area contributed by atoms with Crippen LogP contribution in [-0.4, -0.2) is 25.2 Å². The van der Waals surface area contributed by atoms with Gasteiger partial charge < -0.3 is 14.5 Å². The lowest BCUT2D eigenvalue weighted by Gasteiger charge is -2.00. The molecule has 0 unspecified atom stereocenters. The molecule has 1 N–H and O–H groups in total. The average molecular weight is 232 g/mol. The molecule has 0 atom stereocenters. The van der Waals surface area contributed by atoms with Crippen LogP contribution in [0.4, 0.5) is 0 Å². The van der Waals surface area contributed by atoms with Gasteiger partial charge in [-0.3, -0.25) is 0 Å². The van der Waals surface area contributed by atoms with Gasteiger partial charge in [-0.2, -0.15) is 0 Å². The van der Waals surface area contributed by atoms with Crippen molar-refractivity contribution in [3.05, 3.63) is 42.4 Å². The number of hydrogen-bond donors (Lipinski definition) is 1. The van der Waals surface area contributed by atoms with Crippen molar-refractivity contribution in [2.75, 3.05) is 20.3 Å². The fourth-order valence-electron chi connectivity index (χ4n) is 1.50. The van der Waals surface area contributed by atoms with E-state index in [-0.39, 0.29) is 0 Å². The van der Waals surface area contributed by atoms with Gasteiger partial charge in [0.1, 0.15) is 0 Å². The second-order valence-electron chi connectivity index (χ2n) is 3.65. The van der Waals surface area contributed by atoms with Gasteiger partial charge in [0.15, 0.2) is 5.76 Å². The zero-order valence-corrected chi connectivity index (χ0v) is 9.85. The zero-order chi connectivity index (χ0) is 11.9. The number of hydrogen-bond acceptors (Lipinski definition) is 4. The monoisotopic (exact) mass is 232 g/mol. The smallest absolute Gasteiger partial charge is 0.208 e. The van der Waals surface area contributed by atoms with Crippen LogP contribution in [-0.2, 0) is 11.3 Å². The molecule has 0 bridgehead atoms. The molecule has 2 aromatic rings. The first-order chi connectivity index (χ1) is 8.40. The highest BCUT2D eigenvalue weighted by Crippen LogP contribution is 2.19. The molecule has 0 aliphatic rings. The number of aromatic nitrogens is 1. The topological polar surface area (TPSA) is 47.3 Å². The summed E-state index contributed by atoms with van der Waals surface area (Å²) in [4.78, 5) is 4.22. The van der Waals surface area contributed by atoms with Crippen molar-refractivity contribution in [2.24, 2.45) is 0 Å². The number of rotatable bonds is 6. The number of oxazole rings is 1. The fraction of sp³-hybridized carbons (Fsp3) is 0.308. The molecule has 1 aromatic carbocycles. The SMILES string of the molecule is COCCNCc1ncc(-c2ccccc2)o1. The van der Waals surface area contributed by atoms with Crippen LogP contribution in [0.25, 0.3) is 11.3 Å². The first-order valence-electron chi connectivity index (χ1n) is 5.60. The molecule has 0 spiro atoms. The molecule has 2 rings (SSSR count). The average Bonchev–Trinajstić information content (AvgIpc) is 2.85. The van der Waals surface area contributed by atoms with Gasteiger partial charge in [0.05, 0.1) is 19.3 Å². The maximum atomic E-state index is 5.64. The van der Waals surface area contributed by atoms with Crippen LogP contribution in [0.2, 0.25) is 0 Å². The molecule has 0 fully saturated rings. The van der Waals surface area contributed by atoms with Crippen LogP contribution in [0.5, 0.6) is 0 Å². The van der Waals surface area contributed by atoms with E-state index in [9.17, 15) is 0 Å². The number of methoxy groups -OCH3 is 1. The van der Waals surface area contributed by atoms with Crippen molar-refractivity contribution in [1.29, 1.82) is 0 Å². The van der Waals surface area contributed by atoms with Crippen LogP contribution in [0.3, 0.4) is 0 Å². The minimum atomic E-state index is 0.621. The Morgan fingerprint density at radius 3 is 2.88 bits per heavy atom. The van der Waals surface area contributed by atoms with E-state index in [4.69, 9.17) is 9.15 Å². The Bertz CT molecular complexity index is 440. The van der Waals surface area contributed by atoms with Crippen molar-refractivity contribution < 1.29 is 9.15 Å². The molecule has 4 nitrogen and oxygen atoms in total. The van der Waals surface area contributed by atoms with Crippen molar-refractivity contribution in [2.45, 2.75) is 6.54 Å². The third-order valence-corrected chi connectivity index (χ3v) is 2.37. The van der Waals surface area contributed by atoms with E-state index in [0.29, 0.717) is 19.0 Å². The van der Waals surface area contributed by atoms with E-state index < -0.39 is 0 Å². The van der Waals surface area contributed by atoms with Crippen LogP contribution in [0.15, 0.2) is 40.9 Å². The lowest BCUT2D eigenvalue weighted by Crippen LogP contribution is -2.18. The summed E-state index contributed by atoms with van der Waals surface area (Å²) in [6, 6.07) is 9.95. The van der Waals surface area contributed by atoms with Gasteiger partial charge in [0.2, 0.25) is 5.89 Å². The normalized spacial score (nSPS) is 10.6. The summed E-state index contributed by atoms with van der Waals surface area (Å²) in [6.45, 7) is 2.10. The van der Waals surface area contributed by atoms with Crippen molar-refractivity contribution in [1.82, 2.24) is 10.3 Å². The molecule has 0 aliphatic heterocycles. The first-order valence-corrected chi connectivity index (χ1v) is 5.60. The lowest BCUT2D eigenvalue weighted by atomic mass is 10.2. The summed E-state index contributed by atoms with van der Waals surface area (Å²) in [5.74, 6) is 1.49. The molecular weight excluding hydrogens is 216 g/mol. The predicted octanol–water partition coefficient (Wildman–Crippen LogP) is 2.08. The molecule has 0 saturated heterocycles. The molecule has 0 amide bonds. The number of ether oxygens (including phenoxy) is 1. The van der Waals surface area contributed by atoms with E-state index in [0.717, 1.165) is 17.9 Å². The van der Waals surface area contributed by atoms with Crippen LogP contribution < -0.4 is 5.32 Å². The number of benzene rings is 1. The summed E-state index contributed by atoms with van der Waals surface area (Å²) in [6.07, 6.45) is 1.75. The molecule has 4 heteroatoms. The van der Waals surface area contributed by atoms with E-state index in [1.54, 1.807) is 13.3 Å². The quantitative estimate of drug-likeness (QED) is 0.775. The summed E-state index contributed by atoms with van der Waals surface area (Å²) in [7, 11) is 1.68. The molecule has 1 aromatic heterocycles. The standard InChI is InChI=1S/C13H16N2O2/c1-16-8-7-14-10-13-15-9-12(17-13)11-5-3-2-4-6-11/h2-6,9,14H,7-8,10H2,1H3. The van der Waals surface area contributed by atoms with Crippen LogP contribution >= 0.6 is 0 Å². The summed E-state index contributed by atoms with van der Waals surface area (Å²) in [5, 5.41) is 3.19.